The molecule has 0 N–H and O–H groups in total. The van der Waals surface area contributed by atoms with Gasteiger partial charge in [-0.3, -0.25) is 14.4 Å². The van der Waals surface area contributed by atoms with Crippen LogP contribution < -0.4 is 20.7 Å². The Hall–Kier alpha value is -5.96. The number of hydrogen-bond acceptors (Lipinski definition) is 12. The molecule has 2 heterocycles. The summed E-state index contributed by atoms with van der Waals surface area (Å²) in [4.78, 5) is 90.3. The van der Waals surface area contributed by atoms with Crippen molar-refractivity contribution in [2.24, 2.45) is 0 Å². The van der Waals surface area contributed by atoms with Gasteiger partial charge in [-0.1, -0.05) is 35.9 Å². The van der Waals surface area contributed by atoms with Crippen LogP contribution in [0.5, 0.6) is 11.6 Å². The largest absolute Gasteiger partial charge is 0.428 e. The lowest BCUT2D eigenvalue weighted by molar-refractivity contribution is -0.149. The molecule has 0 spiro atoms. The Balaban J connectivity index is 1.57. The molecule has 0 amide bonds. The summed E-state index contributed by atoms with van der Waals surface area (Å²) in [5.41, 5.74) is -3.81. The van der Waals surface area contributed by atoms with Gasteiger partial charge in [0.2, 0.25) is 18.5 Å². The molecule has 0 saturated carbocycles. The Bertz CT molecular complexity index is 1920. The molecule has 0 saturated heterocycles. The Labute approximate surface area is 249 Å². The van der Waals surface area contributed by atoms with E-state index >= 15 is 0 Å². The molecule has 224 valence electrons. The first kappa shape index (κ1) is 31.0. The van der Waals surface area contributed by atoms with Gasteiger partial charge in [-0.2, -0.15) is 13.5 Å². The van der Waals surface area contributed by atoms with E-state index in [9.17, 15) is 38.0 Å². The molecule has 0 aliphatic rings. The van der Waals surface area contributed by atoms with E-state index in [1.165, 1.54) is 24.3 Å². The zero-order valence-corrected chi connectivity index (χ0v) is 23.0. The molecule has 16 heteroatoms. The first-order valence-electron chi connectivity index (χ1n) is 12.1. The van der Waals surface area contributed by atoms with Gasteiger partial charge in [0.25, 0.3) is 11.5 Å². The lowest BCUT2D eigenvalue weighted by Gasteiger charge is -2.11. The minimum absolute atomic E-state index is 0.0239. The quantitative estimate of drug-likeness (QED) is 0.217. The van der Waals surface area contributed by atoms with E-state index in [1.807, 2.05) is 0 Å². The van der Waals surface area contributed by atoms with Gasteiger partial charge in [0.15, 0.2) is 5.75 Å². The van der Waals surface area contributed by atoms with Crippen LogP contribution in [0, 0.1) is 5.82 Å². The van der Waals surface area contributed by atoms with Crippen LogP contribution in [0.3, 0.4) is 0 Å². The topological polar surface area (TPSA) is 179 Å². The number of carbonyl (C=O) groups excluding carboxylic acids is 5. The van der Waals surface area contributed by atoms with Crippen molar-refractivity contribution in [3.05, 3.63) is 121 Å². The second-order valence-electron chi connectivity index (χ2n) is 8.42. The molecule has 2 aromatic carbocycles. The van der Waals surface area contributed by atoms with Crippen molar-refractivity contribution >= 4 is 41.5 Å². The summed E-state index contributed by atoms with van der Waals surface area (Å²) in [5, 5.41) is -0.141. The summed E-state index contributed by atoms with van der Waals surface area (Å²) in [6, 6.07) is 13.5. The average Bonchev–Trinajstić information content (AvgIpc) is 3.00. The van der Waals surface area contributed by atoms with E-state index in [1.54, 1.807) is 18.2 Å². The summed E-state index contributed by atoms with van der Waals surface area (Å²) in [6.07, 6.45) is -0.296. The maximum atomic E-state index is 14.3. The molecule has 14 nitrogen and oxygen atoms in total. The maximum Gasteiger partial charge on any atom is 0.425 e. The van der Waals surface area contributed by atoms with Gasteiger partial charge in [0, 0.05) is 18.6 Å². The smallest absolute Gasteiger partial charge is 0.425 e. The van der Waals surface area contributed by atoms with Gasteiger partial charge in [-0.15, -0.1) is 0 Å². The molecular formula is C28H17ClFN3O11. The molecule has 4 aromatic rings. The van der Waals surface area contributed by atoms with Crippen LogP contribution in [-0.4, -0.2) is 50.8 Å². The van der Waals surface area contributed by atoms with E-state index in [2.05, 4.69) is 14.5 Å². The minimum Gasteiger partial charge on any atom is -0.428 e. The van der Waals surface area contributed by atoms with Gasteiger partial charge in [0.1, 0.15) is 5.02 Å². The molecule has 2 aromatic heterocycles. The highest BCUT2D eigenvalue weighted by atomic mass is 35.5. The van der Waals surface area contributed by atoms with E-state index < -0.39 is 59.3 Å². The normalized spacial score (nSPS) is 10.4. The molecule has 0 radical (unpaired) electrons. The van der Waals surface area contributed by atoms with Crippen molar-refractivity contribution in [1.82, 2.24) is 14.1 Å². The Kier molecular flexibility index (Phi) is 9.40. The standard InChI is InChI=1S/C28H17ClFN3O11/c1-15(34)41-14-42-28(40)32-13-20(30)24(36)33(27(32)39)23(35)17-8-5-9-18(10-17)26(38)43-21-11-22(31-12-19(21)29)44-25(37)16-6-3-2-4-7-16/h2-13H,14H2,1H3. The molecule has 0 bridgehead atoms. The monoisotopic (exact) mass is 625 g/mol. The number of nitrogens with zero attached hydrogens (tertiary/aromatic N) is 3. The minimum atomic E-state index is -1.70. The highest BCUT2D eigenvalue weighted by Gasteiger charge is 2.24. The van der Waals surface area contributed by atoms with Crippen LogP contribution in [0.25, 0.3) is 0 Å². The number of rotatable bonds is 7. The fraction of sp³-hybridized carbons (Fsp3) is 0.0714. The van der Waals surface area contributed by atoms with Crippen LogP contribution in [0.2, 0.25) is 5.02 Å². The molecule has 0 unspecified atom stereocenters. The predicted molar refractivity (Wildman–Crippen MR) is 145 cm³/mol. The van der Waals surface area contributed by atoms with Crippen molar-refractivity contribution in [3.63, 3.8) is 0 Å². The second-order valence-corrected chi connectivity index (χ2v) is 8.83. The van der Waals surface area contributed by atoms with Gasteiger partial charge < -0.3 is 18.9 Å². The van der Waals surface area contributed by atoms with Crippen LogP contribution in [0.1, 0.15) is 38.0 Å². The van der Waals surface area contributed by atoms with E-state index in [-0.39, 0.29) is 43.1 Å². The first-order valence-corrected chi connectivity index (χ1v) is 12.5. The molecule has 4 rings (SSSR count). The van der Waals surface area contributed by atoms with Crippen molar-refractivity contribution in [1.29, 1.82) is 0 Å². The van der Waals surface area contributed by atoms with Crippen LogP contribution in [-0.2, 0) is 14.3 Å². The Morgan fingerprint density at radius 2 is 1.52 bits per heavy atom. The summed E-state index contributed by atoms with van der Waals surface area (Å²) < 4.78 is 33.5. The Morgan fingerprint density at radius 3 is 2.23 bits per heavy atom. The number of halogens is 2. The Morgan fingerprint density at radius 1 is 0.864 bits per heavy atom. The summed E-state index contributed by atoms with van der Waals surface area (Å²) in [7, 11) is 0. The van der Waals surface area contributed by atoms with E-state index in [4.69, 9.17) is 21.1 Å². The lowest BCUT2D eigenvalue weighted by atomic mass is 10.1. The molecule has 0 fully saturated rings. The number of pyridine rings is 1. The number of ether oxygens (including phenoxy) is 4. The second kappa shape index (κ2) is 13.3. The van der Waals surface area contributed by atoms with Crippen LogP contribution in [0.4, 0.5) is 9.18 Å². The van der Waals surface area contributed by atoms with Gasteiger partial charge in [0.05, 0.1) is 23.5 Å². The van der Waals surface area contributed by atoms with Crippen LogP contribution in [0.15, 0.2) is 82.6 Å². The fourth-order valence-electron chi connectivity index (χ4n) is 3.40. The third kappa shape index (κ3) is 7.08. The number of benzene rings is 2. The van der Waals surface area contributed by atoms with Gasteiger partial charge in [-0.05, 0) is 30.3 Å². The van der Waals surface area contributed by atoms with Gasteiger partial charge in [-0.25, -0.2) is 24.2 Å². The van der Waals surface area contributed by atoms with Gasteiger partial charge >= 0.3 is 29.7 Å². The van der Waals surface area contributed by atoms with Crippen molar-refractivity contribution in [3.8, 4) is 11.6 Å². The predicted octanol–water partition coefficient (Wildman–Crippen LogP) is 2.83. The average molecular weight is 626 g/mol. The zero-order chi connectivity index (χ0) is 32.0. The van der Waals surface area contributed by atoms with Crippen molar-refractivity contribution < 1.29 is 47.3 Å². The molecule has 0 aliphatic carbocycles. The molecular weight excluding hydrogens is 609 g/mol. The van der Waals surface area contributed by atoms with E-state index in [0.717, 1.165) is 31.3 Å². The summed E-state index contributed by atoms with van der Waals surface area (Å²) >= 11 is 6.07. The maximum absolute atomic E-state index is 14.3. The summed E-state index contributed by atoms with van der Waals surface area (Å²) in [6.45, 7) is 0.0764. The molecule has 0 atom stereocenters. The van der Waals surface area contributed by atoms with E-state index in [0.29, 0.717) is 0 Å². The SMILES string of the molecule is CC(=O)OCOC(=O)n1cc(F)c(=O)n(C(=O)c2cccc(C(=O)Oc3cc(OC(=O)c4ccccc4)ncc3Cl)c2)c1=O. The number of esters is 3. The number of aromatic nitrogens is 3. The number of carbonyl (C=O) groups is 5. The van der Waals surface area contributed by atoms with Crippen LogP contribution >= 0.6 is 11.6 Å². The first-order chi connectivity index (χ1) is 21.0. The zero-order valence-electron chi connectivity index (χ0n) is 22.2. The summed E-state index contributed by atoms with van der Waals surface area (Å²) in [5.74, 6) is -6.24. The highest BCUT2D eigenvalue weighted by Crippen LogP contribution is 2.28. The van der Waals surface area contributed by atoms with Crippen molar-refractivity contribution in [2.75, 3.05) is 6.79 Å². The third-order valence-corrected chi connectivity index (χ3v) is 5.73. The highest BCUT2D eigenvalue weighted by molar-refractivity contribution is 6.32. The molecule has 0 aliphatic heterocycles. The number of hydrogen-bond donors (Lipinski definition) is 0. The lowest BCUT2D eigenvalue weighted by Crippen LogP contribution is -2.47. The molecule has 44 heavy (non-hydrogen) atoms. The fourth-order valence-corrected chi connectivity index (χ4v) is 3.54. The van der Waals surface area contributed by atoms with Crippen molar-refractivity contribution in [2.45, 2.75) is 6.92 Å². The third-order valence-electron chi connectivity index (χ3n) is 5.44.